The number of rotatable bonds is 3. The predicted molar refractivity (Wildman–Crippen MR) is 75.7 cm³/mol. The first kappa shape index (κ1) is 13.2. The van der Waals surface area contributed by atoms with Crippen LogP contribution in [0, 0.1) is 0 Å². The number of nitrogens with two attached hydrogens (primary N) is 1. The van der Waals surface area contributed by atoms with Crippen molar-refractivity contribution in [1.29, 1.82) is 0 Å². The number of hydrogen-bond donors (Lipinski definition) is 1. The van der Waals surface area contributed by atoms with Gasteiger partial charge in [0.1, 0.15) is 5.75 Å². The molecule has 3 rings (SSSR count). The van der Waals surface area contributed by atoms with Crippen molar-refractivity contribution in [2.75, 3.05) is 6.61 Å². The second-order valence-corrected chi connectivity index (χ2v) is 5.95. The Kier molecular flexibility index (Phi) is 3.96. The lowest BCUT2D eigenvalue weighted by Crippen LogP contribution is -2.32. The van der Waals surface area contributed by atoms with Gasteiger partial charge in [-0.05, 0) is 43.4 Å². The van der Waals surface area contributed by atoms with Crippen LogP contribution in [0.1, 0.15) is 36.8 Å². The highest BCUT2D eigenvalue weighted by Crippen LogP contribution is 2.34. The van der Waals surface area contributed by atoms with Crippen molar-refractivity contribution < 1.29 is 9.47 Å². The first-order valence-corrected chi connectivity index (χ1v) is 7.41. The summed E-state index contributed by atoms with van der Waals surface area (Å²) in [4.78, 5) is 0. The van der Waals surface area contributed by atoms with Gasteiger partial charge in [0.25, 0.3) is 0 Å². The molecule has 2 unspecified atom stereocenters. The van der Waals surface area contributed by atoms with Crippen LogP contribution < -0.4 is 10.5 Å². The van der Waals surface area contributed by atoms with Crippen LogP contribution in [0.15, 0.2) is 12.1 Å². The van der Waals surface area contributed by atoms with E-state index in [1.807, 2.05) is 12.1 Å². The van der Waals surface area contributed by atoms with Crippen LogP contribution in [0.5, 0.6) is 5.75 Å². The lowest BCUT2D eigenvalue weighted by atomic mass is 9.93. The maximum absolute atomic E-state index is 6.14. The van der Waals surface area contributed by atoms with E-state index in [1.54, 1.807) is 0 Å². The zero-order valence-corrected chi connectivity index (χ0v) is 11.8. The number of hydrogen-bond acceptors (Lipinski definition) is 3. The molecule has 1 aliphatic heterocycles. The SMILES string of the molecule is NC1CCCC(OCc2cc(Cl)cc3c2OCC3)C1. The van der Waals surface area contributed by atoms with Crippen LogP contribution in [0.3, 0.4) is 0 Å². The fourth-order valence-corrected chi connectivity index (χ4v) is 3.26. The molecule has 1 aromatic rings. The van der Waals surface area contributed by atoms with Crippen molar-refractivity contribution in [2.24, 2.45) is 5.73 Å². The van der Waals surface area contributed by atoms with E-state index in [0.717, 1.165) is 55.0 Å². The average Bonchev–Trinajstić information content (AvgIpc) is 2.84. The number of halogens is 1. The van der Waals surface area contributed by atoms with Gasteiger partial charge in [0.05, 0.1) is 19.3 Å². The number of ether oxygens (including phenoxy) is 2. The Morgan fingerprint density at radius 1 is 1.37 bits per heavy atom. The first-order valence-electron chi connectivity index (χ1n) is 7.03. The third-order valence-corrected chi connectivity index (χ3v) is 4.18. The third kappa shape index (κ3) is 3.04. The third-order valence-electron chi connectivity index (χ3n) is 3.97. The second-order valence-electron chi connectivity index (χ2n) is 5.51. The summed E-state index contributed by atoms with van der Waals surface area (Å²) in [5.41, 5.74) is 8.25. The molecule has 0 spiro atoms. The molecule has 1 fully saturated rings. The smallest absolute Gasteiger partial charge is 0.128 e. The molecule has 0 radical (unpaired) electrons. The van der Waals surface area contributed by atoms with Gasteiger partial charge in [0.2, 0.25) is 0 Å². The highest BCUT2D eigenvalue weighted by Gasteiger charge is 2.22. The highest BCUT2D eigenvalue weighted by atomic mass is 35.5. The fraction of sp³-hybridized carbons (Fsp3) is 0.600. The van der Waals surface area contributed by atoms with Gasteiger partial charge >= 0.3 is 0 Å². The fourth-order valence-electron chi connectivity index (χ4n) is 2.99. The van der Waals surface area contributed by atoms with Crippen molar-refractivity contribution in [1.82, 2.24) is 0 Å². The van der Waals surface area contributed by atoms with Gasteiger partial charge in [-0.15, -0.1) is 0 Å². The predicted octanol–water partition coefficient (Wildman–Crippen LogP) is 3.06. The normalized spacial score (nSPS) is 26.0. The number of benzene rings is 1. The molecule has 1 aromatic carbocycles. The summed E-state index contributed by atoms with van der Waals surface area (Å²) in [5, 5.41) is 0.767. The van der Waals surface area contributed by atoms with E-state index in [-0.39, 0.29) is 6.10 Å². The number of fused-ring (bicyclic) bond motifs is 1. The highest BCUT2D eigenvalue weighted by molar-refractivity contribution is 6.30. The summed E-state index contributed by atoms with van der Waals surface area (Å²) in [6.07, 6.45) is 5.57. The van der Waals surface area contributed by atoms with Crippen LogP contribution in [0.25, 0.3) is 0 Å². The van der Waals surface area contributed by atoms with E-state index < -0.39 is 0 Å². The molecule has 1 saturated carbocycles. The lowest BCUT2D eigenvalue weighted by Gasteiger charge is -2.27. The monoisotopic (exact) mass is 281 g/mol. The quantitative estimate of drug-likeness (QED) is 0.926. The summed E-state index contributed by atoms with van der Waals surface area (Å²) in [6, 6.07) is 4.23. The Bertz CT molecular complexity index is 464. The zero-order chi connectivity index (χ0) is 13.2. The molecule has 19 heavy (non-hydrogen) atoms. The Morgan fingerprint density at radius 2 is 2.26 bits per heavy atom. The van der Waals surface area contributed by atoms with Crippen molar-refractivity contribution >= 4 is 11.6 Å². The van der Waals surface area contributed by atoms with E-state index >= 15 is 0 Å². The van der Waals surface area contributed by atoms with E-state index in [0.29, 0.717) is 12.6 Å². The maximum Gasteiger partial charge on any atom is 0.128 e. The van der Waals surface area contributed by atoms with Crippen LogP contribution in [-0.4, -0.2) is 18.8 Å². The van der Waals surface area contributed by atoms with Gasteiger partial charge in [-0.2, -0.15) is 0 Å². The summed E-state index contributed by atoms with van der Waals surface area (Å²) in [7, 11) is 0. The van der Waals surface area contributed by atoms with E-state index in [4.69, 9.17) is 26.8 Å². The Hall–Kier alpha value is -0.770. The molecule has 4 heteroatoms. The molecule has 2 atom stereocenters. The van der Waals surface area contributed by atoms with Gasteiger partial charge in [-0.1, -0.05) is 11.6 Å². The molecule has 1 heterocycles. The van der Waals surface area contributed by atoms with Gasteiger partial charge in [-0.25, -0.2) is 0 Å². The van der Waals surface area contributed by atoms with Crippen molar-refractivity contribution in [3.63, 3.8) is 0 Å². The minimum Gasteiger partial charge on any atom is -0.493 e. The minimum atomic E-state index is 0.278. The van der Waals surface area contributed by atoms with E-state index in [2.05, 4.69) is 0 Å². The van der Waals surface area contributed by atoms with Crippen LogP contribution in [0.2, 0.25) is 5.02 Å². The largest absolute Gasteiger partial charge is 0.493 e. The molecule has 2 N–H and O–H groups in total. The van der Waals surface area contributed by atoms with E-state index in [9.17, 15) is 0 Å². The second kappa shape index (κ2) is 5.70. The maximum atomic E-state index is 6.14. The summed E-state index contributed by atoms with van der Waals surface area (Å²) in [5.74, 6) is 0.976. The molecule has 1 aliphatic carbocycles. The van der Waals surface area contributed by atoms with Gasteiger partial charge in [0.15, 0.2) is 0 Å². The van der Waals surface area contributed by atoms with E-state index in [1.165, 1.54) is 5.56 Å². The summed E-state index contributed by atoms with van der Waals surface area (Å²) >= 11 is 6.14. The Morgan fingerprint density at radius 3 is 3.11 bits per heavy atom. The molecule has 2 aliphatic rings. The van der Waals surface area contributed by atoms with Crippen LogP contribution in [0.4, 0.5) is 0 Å². The van der Waals surface area contributed by atoms with Gasteiger partial charge < -0.3 is 15.2 Å². The molecular weight excluding hydrogens is 262 g/mol. The summed E-state index contributed by atoms with van der Waals surface area (Å²) < 4.78 is 11.7. The van der Waals surface area contributed by atoms with Crippen molar-refractivity contribution in [3.05, 3.63) is 28.3 Å². The zero-order valence-electron chi connectivity index (χ0n) is 11.0. The Labute approximate surface area is 119 Å². The molecule has 3 nitrogen and oxygen atoms in total. The standard InChI is InChI=1S/C15H20ClNO2/c16-12-6-10-4-5-18-15(10)11(7-12)9-19-14-3-1-2-13(17)8-14/h6-7,13-14H,1-5,8-9,17H2. The molecular formula is C15H20ClNO2. The van der Waals surface area contributed by atoms with Crippen molar-refractivity contribution in [2.45, 2.75) is 50.9 Å². The molecule has 0 aromatic heterocycles. The Balaban J connectivity index is 1.67. The summed E-state index contributed by atoms with van der Waals surface area (Å²) in [6.45, 7) is 1.32. The molecule has 0 saturated heterocycles. The van der Waals surface area contributed by atoms with Crippen molar-refractivity contribution in [3.8, 4) is 5.75 Å². The van der Waals surface area contributed by atoms with Gasteiger partial charge in [0, 0.05) is 23.0 Å². The van der Waals surface area contributed by atoms with Gasteiger partial charge in [-0.3, -0.25) is 0 Å². The molecule has 0 amide bonds. The lowest BCUT2D eigenvalue weighted by molar-refractivity contribution is 0.0115. The molecule has 104 valence electrons. The molecule has 0 bridgehead atoms. The first-order chi connectivity index (χ1) is 9.22. The minimum absolute atomic E-state index is 0.278. The average molecular weight is 282 g/mol. The topological polar surface area (TPSA) is 44.5 Å². The van der Waals surface area contributed by atoms with Crippen LogP contribution in [-0.2, 0) is 17.8 Å². The van der Waals surface area contributed by atoms with Crippen LogP contribution >= 0.6 is 11.6 Å².